The highest BCUT2D eigenvalue weighted by Crippen LogP contribution is 2.17. The lowest BCUT2D eigenvalue weighted by molar-refractivity contribution is -0.133. The van der Waals surface area contributed by atoms with Crippen LogP contribution < -0.4 is 5.73 Å². The number of carbonyl (C=O) groups excluding carboxylic acids is 1. The van der Waals surface area contributed by atoms with Gasteiger partial charge in [-0.1, -0.05) is 29.8 Å². The van der Waals surface area contributed by atoms with Crippen molar-refractivity contribution in [1.29, 1.82) is 0 Å². The Morgan fingerprint density at radius 1 is 1.47 bits per heavy atom. The first-order valence-electron chi connectivity index (χ1n) is 6.36. The number of nitrogens with zero attached hydrogens (tertiary/aromatic N) is 1. The quantitative estimate of drug-likeness (QED) is 0.842. The monoisotopic (exact) mass is 300 g/mol. The van der Waals surface area contributed by atoms with Crippen LogP contribution in [0.1, 0.15) is 18.9 Å². The lowest BCUT2D eigenvalue weighted by atomic mass is 10.1. The summed E-state index contributed by atoms with van der Waals surface area (Å²) in [5, 5.41) is 0.687. The Kier molecular flexibility index (Phi) is 7.28. The lowest BCUT2D eigenvalue weighted by Crippen LogP contribution is -2.43. The smallest absolute Gasteiger partial charge is 0.239 e. The van der Waals surface area contributed by atoms with Gasteiger partial charge in [-0.05, 0) is 37.0 Å². The normalized spacial score (nSPS) is 12.2. The Hall–Kier alpha value is -0.710. The van der Waals surface area contributed by atoms with Gasteiger partial charge in [0.1, 0.15) is 0 Å². The summed E-state index contributed by atoms with van der Waals surface area (Å²) in [5.41, 5.74) is 6.89. The average Bonchev–Trinajstić information content (AvgIpc) is 2.43. The van der Waals surface area contributed by atoms with Crippen molar-refractivity contribution in [2.75, 3.05) is 18.6 Å². The molecule has 0 spiro atoms. The summed E-state index contributed by atoms with van der Waals surface area (Å²) < 4.78 is 0. The molecule has 0 heterocycles. The molecule has 3 nitrogen and oxygen atoms in total. The van der Waals surface area contributed by atoms with Crippen molar-refractivity contribution in [3.8, 4) is 0 Å². The first kappa shape index (κ1) is 16.3. The van der Waals surface area contributed by atoms with Gasteiger partial charge in [0, 0.05) is 18.1 Å². The first-order chi connectivity index (χ1) is 9.10. The van der Waals surface area contributed by atoms with Gasteiger partial charge in [-0.3, -0.25) is 4.79 Å². The molecule has 0 saturated heterocycles. The fraction of sp³-hybridized carbons (Fsp3) is 0.500. The summed E-state index contributed by atoms with van der Waals surface area (Å²) in [6.07, 6.45) is 2.72. The number of thioether (sulfide) groups is 1. The number of likely N-dealkylation sites (N-methyl/N-ethyl adjacent to an activating group) is 1. The number of halogens is 1. The van der Waals surface area contributed by atoms with E-state index in [4.69, 9.17) is 17.3 Å². The van der Waals surface area contributed by atoms with Crippen LogP contribution in [0.5, 0.6) is 0 Å². The highest BCUT2D eigenvalue weighted by Gasteiger charge is 2.20. The molecule has 0 aliphatic heterocycles. The third-order valence-corrected chi connectivity index (χ3v) is 3.98. The molecule has 1 aromatic carbocycles. The van der Waals surface area contributed by atoms with Crippen LogP contribution in [0.3, 0.4) is 0 Å². The van der Waals surface area contributed by atoms with Crippen molar-refractivity contribution in [2.24, 2.45) is 5.73 Å². The molecule has 0 radical (unpaired) electrons. The molecule has 2 N–H and O–H groups in total. The highest BCUT2D eigenvalue weighted by molar-refractivity contribution is 7.98. The van der Waals surface area contributed by atoms with Gasteiger partial charge >= 0.3 is 0 Å². The van der Waals surface area contributed by atoms with E-state index in [-0.39, 0.29) is 5.91 Å². The lowest BCUT2D eigenvalue weighted by Gasteiger charge is -2.24. The summed E-state index contributed by atoms with van der Waals surface area (Å²) >= 11 is 7.82. The predicted octanol–water partition coefficient (Wildman–Crippen LogP) is 2.77. The van der Waals surface area contributed by atoms with Crippen LogP contribution in [0, 0.1) is 0 Å². The molecule has 1 rings (SSSR count). The predicted molar refractivity (Wildman–Crippen MR) is 83.5 cm³/mol. The molecule has 1 aromatic rings. The zero-order chi connectivity index (χ0) is 14.3. The van der Waals surface area contributed by atoms with E-state index in [1.807, 2.05) is 37.4 Å². The second-order valence-electron chi connectivity index (χ2n) is 4.33. The standard InChI is InChI=1S/C14H21ClN2OS/c1-3-17(14(18)13(16)8-9-19-2)10-11-6-4-5-7-12(11)15/h4-7,13H,3,8-10,16H2,1-2H3/t13-/m0/s1. The topological polar surface area (TPSA) is 46.3 Å². The van der Waals surface area contributed by atoms with Crippen LogP contribution in [0.2, 0.25) is 5.02 Å². The summed E-state index contributed by atoms with van der Waals surface area (Å²) in [7, 11) is 0. The molecular formula is C14H21ClN2OS. The second-order valence-corrected chi connectivity index (χ2v) is 5.72. The van der Waals surface area contributed by atoms with Gasteiger partial charge in [-0.2, -0.15) is 11.8 Å². The van der Waals surface area contributed by atoms with Gasteiger partial charge in [0.15, 0.2) is 0 Å². The summed E-state index contributed by atoms with van der Waals surface area (Å²) in [5.74, 6) is 0.896. The van der Waals surface area contributed by atoms with E-state index in [0.29, 0.717) is 24.5 Å². The zero-order valence-electron chi connectivity index (χ0n) is 11.4. The van der Waals surface area contributed by atoms with Gasteiger partial charge in [0.25, 0.3) is 0 Å². The first-order valence-corrected chi connectivity index (χ1v) is 8.14. The number of rotatable bonds is 7. The number of benzene rings is 1. The van der Waals surface area contributed by atoms with Crippen molar-refractivity contribution in [3.63, 3.8) is 0 Å². The number of hydrogen-bond donors (Lipinski definition) is 1. The van der Waals surface area contributed by atoms with E-state index in [1.165, 1.54) is 0 Å². The van der Waals surface area contributed by atoms with Crippen LogP contribution in [0.15, 0.2) is 24.3 Å². The van der Waals surface area contributed by atoms with Crippen LogP contribution in [0.4, 0.5) is 0 Å². The number of nitrogens with two attached hydrogens (primary N) is 1. The van der Waals surface area contributed by atoms with Gasteiger partial charge in [-0.15, -0.1) is 0 Å². The van der Waals surface area contributed by atoms with E-state index < -0.39 is 6.04 Å². The Balaban J connectivity index is 2.67. The number of hydrogen-bond acceptors (Lipinski definition) is 3. The average molecular weight is 301 g/mol. The molecule has 0 aromatic heterocycles. The summed E-state index contributed by atoms with van der Waals surface area (Å²) in [4.78, 5) is 14.0. The van der Waals surface area contributed by atoms with Crippen LogP contribution in [0.25, 0.3) is 0 Å². The molecule has 0 bridgehead atoms. The Bertz CT molecular complexity index is 414. The third-order valence-electron chi connectivity index (χ3n) is 2.96. The molecule has 106 valence electrons. The molecule has 0 aliphatic rings. The number of carbonyl (C=O) groups is 1. The molecule has 0 saturated carbocycles. The second kappa shape index (κ2) is 8.46. The third kappa shape index (κ3) is 5.05. The van der Waals surface area contributed by atoms with Crippen LogP contribution in [-0.2, 0) is 11.3 Å². The van der Waals surface area contributed by atoms with Crippen molar-refractivity contribution in [1.82, 2.24) is 4.90 Å². The van der Waals surface area contributed by atoms with Gasteiger partial charge in [-0.25, -0.2) is 0 Å². The molecule has 0 fully saturated rings. The fourth-order valence-corrected chi connectivity index (χ4v) is 2.47. The maximum atomic E-state index is 12.2. The minimum absolute atomic E-state index is 0.00327. The van der Waals surface area contributed by atoms with Gasteiger partial charge < -0.3 is 10.6 Å². The molecule has 1 amide bonds. The molecule has 5 heteroatoms. The maximum Gasteiger partial charge on any atom is 0.239 e. The molecule has 1 atom stereocenters. The molecular weight excluding hydrogens is 280 g/mol. The highest BCUT2D eigenvalue weighted by atomic mass is 35.5. The van der Waals surface area contributed by atoms with E-state index in [0.717, 1.165) is 11.3 Å². The zero-order valence-corrected chi connectivity index (χ0v) is 13.0. The largest absolute Gasteiger partial charge is 0.337 e. The SMILES string of the molecule is CCN(Cc1ccccc1Cl)C(=O)[C@@H](N)CCSC. The van der Waals surface area contributed by atoms with E-state index in [1.54, 1.807) is 16.7 Å². The van der Waals surface area contributed by atoms with E-state index in [9.17, 15) is 4.79 Å². The van der Waals surface area contributed by atoms with Crippen LogP contribution >= 0.6 is 23.4 Å². The molecule has 19 heavy (non-hydrogen) atoms. The van der Waals surface area contributed by atoms with Crippen molar-refractivity contribution in [3.05, 3.63) is 34.9 Å². The molecule has 0 aliphatic carbocycles. The van der Waals surface area contributed by atoms with Crippen LogP contribution in [-0.4, -0.2) is 35.4 Å². The molecule has 0 unspecified atom stereocenters. The Morgan fingerprint density at radius 3 is 2.74 bits per heavy atom. The van der Waals surface area contributed by atoms with Gasteiger partial charge in [0.2, 0.25) is 5.91 Å². The minimum atomic E-state index is -0.421. The van der Waals surface area contributed by atoms with E-state index in [2.05, 4.69) is 0 Å². The minimum Gasteiger partial charge on any atom is -0.337 e. The Morgan fingerprint density at radius 2 is 2.16 bits per heavy atom. The van der Waals surface area contributed by atoms with Crippen molar-refractivity contribution in [2.45, 2.75) is 25.9 Å². The Labute approximate surface area is 124 Å². The fourth-order valence-electron chi connectivity index (χ4n) is 1.78. The van der Waals surface area contributed by atoms with Crippen molar-refractivity contribution < 1.29 is 4.79 Å². The van der Waals surface area contributed by atoms with Crippen molar-refractivity contribution >= 4 is 29.3 Å². The summed E-state index contributed by atoms with van der Waals surface area (Å²) in [6.45, 7) is 3.11. The number of amides is 1. The maximum absolute atomic E-state index is 12.2. The summed E-state index contributed by atoms with van der Waals surface area (Å²) in [6, 6.07) is 7.16. The van der Waals surface area contributed by atoms with E-state index >= 15 is 0 Å². The van der Waals surface area contributed by atoms with Gasteiger partial charge in [0.05, 0.1) is 6.04 Å².